The van der Waals surface area contributed by atoms with E-state index in [1.165, 1.54) is 0 Å². The molecular weight excluding hydrogens is 302 g/mol. The summed E-state index contributed by atoms with van der Waals surface area (Å²) < 4.78 is 0. The summed E-state index contributed by atoms with van der Waals surface area (Å²) in [6.45, 7) is 0.498. The lowest BCUT2D eigenvalue weighted by molar-refractivity contribution is -0.121. The predicted molar refractivity (Wildman–Crippen MR) is 92.8 cm³/mol. The number of nitrogens with zero attached hydrogens (tertiary/aromatic N) is 1. The van der Waals surface area contributed by atoms with Crippen LogP contribution in [0.4, 0.5) is 0 Å². The second-order valence-corrected chi connectivity index (χ2v) is 5.59. The van der Waals surface area contributed by atoms with E-state index in [1.807, 2.05) is 42.5 Å². The molecule has 2 aromatic carbocycles. The topological polar surface area (TPSA) is 74.8 Å². The molecule has 5 nitrogen and oxygen atoms in total. The van der Waals surface area contributed by atoms with Crippen LogP contribution in [0.2, 0.25) is 0 Å². The number of aromatic nitrogens is 2. The number of amides is 1. The highest BCUT2D eigenvalue weighted by Gasteiger charge is 2.09. The molecule has 24 heavy (non-hydrogen) atoms. The van der Waals surface area contributed by atoms with Gasteiger partial charge in [-0.2, -0.15) is 0 Å². The maximum absolute atomic E-state index is 11.9. The molecule has 3 aromatic rings. The van der Waals surface area contributed by atoms with E-state index in [0.717, 1.165) is 16.9 Å². The maximum Gasteiger partial charge on any atom is 0.220 e. The van der Waals surface area contributed by atoms with Gasteiger partial charge >= 0.3 is 0 Å². The number of hydrogen-bond acceptors (Lipinski definition) is 3. The number of benzene rings is 2. The van der Waals surface area contributed by atoms with Crippen LogP contribution in [0.25, 0.3) is 11.0 Å². The van der Waals surface area contributed by atoms with Gasteiger partial charge in [0.2, 0.25) is 5.91 Å². The Bertz CT molecular complexity index is 807. The molecule has 122 valence electrons. The van der Waals surface area contributed by atoms with E-state index in [0.29, 0.717) is 18.5 Å². The monoisotopic (exact) mass is 321 g/mol. The molecule has 0 saturated carbocycles. The first kappa shape index (κ1) is 15.9. The standard InChI is InChI=1S/C19H19N3O2/c23-17(14-6-2-1-3-7-14)10-11-19(24)20-13-12-18-21-15-8-4-5-9-16(15)22-18/h1-9H,10-13H2,(H,20,24)(H,21,22). The Hall–Kier alpha value is -2.95. The summed E-state index contributed by atoms with van der Waals surface area (Å²) in [4.78, 5) is 31.5. The zero-order valence-corrected chi connectivity index (χ0v) is 13.3. The Morgan fingerprint density at radius 3 is 2.50 bits per heavy atom. The number of ketones is 1. The lowest BCUT2D eigenvalue weighted by Crippen LogP contribution is -2.26. The van der Waals surface area contributed by atoms with E-state index in [1.54, 1.807) is 12.1 Å². The van der Waals surface area contributed by atoms with Gasteiger partial charge in [-0.1, -0.05) is 42.5 Å². The number of H-pyrrole nitrogens is 1. The molecule has 3 rings (SSSR count). The summed E-state index contributed by atoms with van der Waals surface area (Å²) in [6.07, 6.45) is 1.06. The van der Waals surface area contributed by atoms with Crippen LogP contribution in [0.5, 0.6) is 0 Å². The molecular formula is C19H19N3O2. The van der Waals surface area contributed by atoms with Crippen LogP contribution < -0.4 is 5.32 Å². The van der Waals surface area contributed by atoms with Gasteiger partial charge in [0.1, 0.15) is 5.82 Å². The Balaban J connectivity index is 1.42. The van der Waals surface area contributed by atoms with Crippen LogP contribution in [-0.2, 0) is 11.2 Å². The second-order valence-electron chi connectivity index (χ2n) is 5.59. The highest BCUT2D eigenvalue weighted by molar-refractivity contribution is 5.97. The highest BCUT2D eigenvalue weighted by atomic mass is 16.2. The number of rotatable bonds is 7. The first-order chi connectivity index (χ1) is 11.7. The van der Waals surface area contributed by atoms with Gasteiger partial charge in [0.15, 0.2) is 5.78 Å². The zero-order chi connectivity index (χ0) is 16.8. The van der Waals surface area contributed by atoms with Gasteiger partial charge in [0.25, 0.3) is 0 Å². The van der Waals surface area contributed by atoms with Crippen molar-refractivity contribution in [1.29, 1.82) is 0 Å². The second kappa shape index (κ2) is 7.55. The summed E-state index contributed by atoms with van der Waals surface area (Å²) in [7, 11) is 0. The third kappa shape index (κ3) is 4.07. The molecule has 1 heterocycles. The van der Waals surface area contributed by atoms with Gasteiger partial charge in [0, 0.05) is 31.4 Å². The molecule has 0 spiro atoms. The Kier molecular flexibility index (Phi) is 5.01. The summed E-state index contributed by atoms with van der Waals surface area (Å²) in [5.74, 6) is 0.718. The van der Waals surface area contributed by atoms with E-state index in [-0.39, 0.29) is 24.5 Å². The molecule has 0 fully saturated rings. The largest absolute Gasteiger partial charge is 0.356 e. The summed E-state index contributed by atoms with van der Waals surface area (Å²) in [5, 5.41) is 2.83. The van der Waals surface area contributed by atoms with E-state index >= 15 is 0 Å². The average Bonchev–Trinajstić information content (AvgIpc) is 3.03. The molecule has 2 N–H and O–H groups in total. The molecule has 5 heteroatoms. The average molecular weight is 321 g/mol. The highest BCUT2D eigenvalue weighted by Crippen LogP contribution is 2.10. The third-order valence-corrected chi connectivity index (χ3v) is 3.80. The summed E-state index contributed by atoms with van der Waals surface area (Å²) in [6, 6.07) is 16.9. The molecule has 0 bridgehead atoms. The number of Topliss-reactive ketones (excluding diaryl/α,β-unsaturated/α-hetero) is 1. The van der Waals surface area contributed by atoms with Gasteiger partial charge in [-0.05, 0) is 12.1 Å². The first-order valence-electron chi connectivity index (χ1n) is 8.01. The fourth-order valence-corrected chi connectivity index (χ4v) is 2.53. The molecule has 0 atom stereocenters. The third-order valence-electron chi connectivity index (χ3n) is 3.80. The van der Waals surface area contributed by atoms with Crippen molar-refractivity contribution < 1.29 is 9.59 Å². The van der Waals surface area contributed by atoms with Crippen molar-refractivity contribution in [3.8, 4) is 0 Å². The van der Waals surface area contributed by atoms with Crippen molar-refractivity contribution in [1.82, 2.24) is 15.3 Å². The van der Waals surface area contributed by atoms with Crippen LogP contribution in [0.1, 0.15) is 29.0 Å². The van der Waals surface area contributed by atoms with Gasteiger partial charge in [-0.3, -0.25) is 9.59 Å². The Morgan fingerprint density at radius 1 is 0.958 bits per heavy atom. The maximum atomic E-state index is 11.9. The Labute approximate surface area is 140 Å². The summed E-state index contributed by atoms with van der Waals surface area (Å²) >= 11 is 0. The van der Waals surface area contributed by atoms with E-state index in [9.17, 15) is 9.59 Å². The summed E-state index contributed by atoms with van der Waals surface area (Å²) in [5.41, 5.74) is 2.56. The van der Waals surface area contributed by atoms with Crippen molar-refractivity contribution in [3.05, 3.63) is 66.0 Å². The lowest BCUT2D eigenvalue weighted by Gasteiger charge is -2.04. The minimum absolute atomic E-state index is 0.0111. The fourth-order valence-electron chi connectivity index (χ4n) is 2.53. The van der Waals surface area contributed by atoms with Crippen LogP contribution in [-0.4, -0.2) is 28.2 Å². The number of para-hydroxylation sites is 2. The number of carbonyl (C=O) groups is 2. The van der Waals surface area contributed by atoms with E-state index < -0.39 is 0 Å². The smallest absolute Gasteiger partial charge is 0.220 e. The van der Waals surface area contributed by atoms with Crippen LogP contribution in [0, 0.1) is 0 Å². The quantitative estimate of drug-likeness (QED) is 0.657. The number of aromatic amines is 1. The fraction of sp³-hybridized carbons (Fsp3) is 0.211. The normalized spacial score (nSPS) is 10.7. The molecule has 1 amide bonds. The molecule has 0 saturated heterocycles. The molecule has 0 radical (unpaired) electrons. The van der Waals surface area contributed by atoms with Gasteiger partial charge in [-0.25, -0.2) is 4.98 Å². The SMILES string of the molecule is O=C(CCC(=O)c1ccccc1)NCCc1nc2ccccc2[nH]1. The molecule has 0 aliphatic carbocycles. The van der Waals surface area contributed by atoms with Crippen molar-refractivity contribution in [3.63, 3.8) is 0 Å². The van der Waals surface area contributed by atoms with Crippen LogP contribution in [0.15, 0.2) is 54.6 Å². The van der Waals surface area contributed by atoms with Crippen molar-refractivity contribution in [2.75, 3.05) is 6.54 Å². The van der Waals surface area contributed by atoms with Gasteiger partial charge < -0.3 is 10.3 Å². The van der Waals surface area contributed by atoms with Crippen molar-refractivity contribution >= 4 is 22.7 Å². The van der Waals surface area contributed by atoms with Crippen LogP contribution in [0.3, 0.4) is 0 Å². The van der Waals surface area contributed by atoms with E-state index in [2.05, 4.69) is 15.3 Å². The number of nitrogens with one attached hydrogen (secondary N) is 2. The number of imidazole rings is 1. The van der Waals surface area contributed by atoms with Gasteiger partial charge in [-0.15, -0.1) is 0 Å². The first-order valence-corrected chi connectivity index (χ1v) is 8.01. The van der Waals surface area contributed by atoms with Crippen molar-refractivity contribution in [2.45, 2.75) is 19.3 Å². The minimum Gasteiger partial charge on any atom is -0.356 e. The molecule has 0 unspecified atom stereocenters. The van der Waals surface area contributed by atoms with Crippen LogP contribution >= 0.6 is 0 Å². The van der Waals surface area contributed by atoms with Gasteiger partial charge in [0.05, 0.1) is 11.0 Å². The molecule has 0 aliphatic rings. The Morgan fingerprint density at radius 2 is 1.71 bits per heavy atom. The lowest BCUT2D eigenvalue weighted by atomic mass is 10.1. The van der Waals surface area contributed by atoms with Crippen molar-refractivity contribution in [2.24, 2.45) is 0 Å². The predicted octanol–water partition coefficient (Wildman–Crippen LogP) is 2.88. The van der Waals surface area contributed by atoms with E-state index in [4.69, 9.17) is 0 Å². The molecule has 1 aromatic heterocycles. The molecule has 0 aliphatic heterocycles. The number of fused-ring (bicyclic) bond motifs is 1. The zero-order valence-electron chi connectivity index (χ0n) is 13.3. The number of hydrogen-bond donors (Lipinski definition) is 2. The number of carbonyl (C=O) groups excluding carboxylic acids is 2. The minimum atomic E-state index is -0.115.